The molecule has 0 radical (unpaired) electrons. The minimum absolute atomic E-state index is 0.597. The number of hydrogen-bond donors (Lipinski definition) is 0. The van der Waals surface area contributed by atoms with Gasteiger partial charge < -0.3 is 19.0 Å². The van der Waals surface area contributed by atoms with Crippen molar-refractivity contribution in [3.8, 4) is 22.6 Å². The first kappa shape index (κ1) is 33.3. The minimum Gasteiger partial charge on any atom is -0.457 e. The highest BCUT2D eigenvalue weighted by atomic mass is 16.5. The van der Waals surface area contributed by atoms with Crippen LogP contribution in [0.5, 0.6) is 11.5 Å². The zero-order valence-electron chi connectivity index (χ0n) is 32.0. The Labute approximate surface area is 342 Å². The van der Waals surface area contributed by atoms with Crippen molar-refractivity contribution < 1.29 is 9.15 Å². The average Bonchev–Trinajstić information content (AvgIpc) is 3.83. The van der Waals surface area contributed by atoms with Gasteiger partial charge in [0.25, 0.3) is 0 Å². The number of rotatable bonds is 6. The summed E-state index contributed by atoms with van der Waals surface area (Å²) in [6.07, 6.45) is 0. The van der Waals surface area contributed by atoms with Crippen molar-refractivity contribution in [1.29, 1.82) is 0 Å². The highest BCUT2D eigenvalue weighted by Gasteiger charge is 2.52. The van der Waals surface area contributed by atoms with E-state index in [1.54, 1.807) is 0 Å². The SMILES string of the molecule is c1ccc(N(c2ccccc2)c2ccc(N(c3cccc4c3-c3ccccc3C43c4ccccc4Oc4ccccc43)c3cccc4c3oc3ccccc34)cc2)cc1. The summed E-state index contributed by atoms with van der Waals surface area (Å²) >= 11 is 0. The van der Waals surface area contributed by atoms with Gasteiger partial charge in [-0.1, -0.05) is 140 Å². The molecule has 0 bridgehead atoms. The van der Waals surface area contributed by atoms with E-state index in [2.05, 4.69) is 222 Å². The van der Waals surface area contributed by atoms with Crippen LogP contribution in [0.4, 0.5) is 34.1 Å². The Morgan fingerprint density at radius 1 is 0.339 bits per heavy atom. The van der Waals surface area contributed by atoms with E-state index in [9.17, 15) is 0 Å². The smallest absolute Gasteiger partial charge is 0.159 e. The quantitative estimate of drug-likeness (QED) is 0.169. The van der Waals surface area contributed by atoms with Crippen LogP contribution in [0.25, 0.3) is 33.1 Å². The zero-order chi connectivity index (χ0) is 38.9. The Balaban J connectivity index is 1.13. The van der Waals surface area contributed by atoms with Gasteiger partial charge in [0.2, 0.25) is 0 Å². The number of hydrogen-bond acceptors (Lipinski definition) is 4. The van der Waals surface area contributed by atoms with E-state index < -0.39 is 5.41 Å². The monoisotopic (exact) mass is 756 g/mol. The van der Waals surface area contributed by atoms with Gasteiger partial charge in [0.05, 0.1) is 16.8 Å². The molecule has 12 rings (SSSR count). The van der Waals surface area contributed by atoms with Gasteiger partial charge in [-0.2, -0.15) is 0 Å². The molecule has 4 nitrogen and oxygen atoms in total. The third kappa shape index (κ3) is 4.90. The van der Waals surface area contributed by atoms with Crippen LogP contribution in [0.1, 0.15) is 22.3 Å². The van der Waals surface area contributed by atoms with Gasteiger partial charge in [-0.15, -0.1) is 0 Å². The van der Waals surface area contributed by atoms with Gasteiger partial charge >= 0.3 is 0 Å². The molecule has 2 aliphatic rings. The summed E-state index contributed by atoms with van der Waals surface area (Å²) < 4.78 is 13.5. The largest absolute Gasteiger partial charge is 0.457 e. The topological polar surface area (TPSA) is 28.9 Å². The first-order valence-electron chi connectivity index (χ1n) is 20.1. The van der Waals surface area contributed by atoms with E-state index in [4.69, 9.17) is 9.15 Å². The molecule has 0 saturated heterocycles. The second-order valence-corrected chi connectivity index (χ2v) is 15.2. The standard InChI is InChI=1S/C55H36N2O2/c1-3-17-37(18-4-1)56(38-19-5-2-6-20-38)39-33-35-40(36-34-39)57(49-29-15-23-42-41-21-8-12-30-50(41)59-54(42)49)48-28-16-27-47-53(48)43-22-7-9-24-44(43)55(47)45-25-10-13-31-51(45)58-52-32-14-11-26-46(52)55/h1-36H. The van der Waals surface area contributed by atoms with Crippen molar-refractivity contribution in [3.63, 3.8) is 0 Å². The van der Waals surface area contributed by atoms with Crippen LogP contribution in [0, 0.1) is 0 Å². The van der Waals surface area contributed by atoms with Crippen LogP contribution in [0.15, 0.2) is 223 Å². The predicted octanol–water partition coefficient (Wildman–Crippen LogP) is 15.0. The molecular weight excluding hydrogens is 721 g/mol. The number of ether oxygens (including phenoxy) is 1. The fraction of sp³-hybridized carbons (Fsp3) is 0.0182. The second-order valence-electron chi connectivity index (χ2n) is 15.2. The lowest BCUT2D eigenvalue weighted by molar-refractivity contribution is 0.436. The van der Waals surface area contributed by atoms with Gasteiger partial charge in [0, 0.05) is 50.2 Å². The lowest BCUT2D eigenvalue weighted by Gasteiger charge is -2.39. The van der Waals surface area contributed by atoms with E-state index in [-0.39, 0.29) is 0 Å². The fourth-order valence-electron chi connectivity index (χ4n) is 9.74. The zero-order valence-corrected chi connectivity index (χ0v) is 32.0. The molecule has 1 aromatic heterocycles. The maximum absolute atomic E-state index is 6.81. The maximum Gasteiger partial charge on any atom is 0.159 e. The second kappa shape index (κ2) is 13.1. The Bertz CT molecular complexity index is 3120. The Morgan fingerprint density at radius 3 is 1.53 bits per heavy atom. The van der Waals surface area contributed by atoms with Crippen molar-refractivity contribution in [2.75, 3.05) is 9.80 Å². The van der Waals surface area contributed by atoms with E-state index in [0.717, 1.165) is 78.7 Å². The van der Waals surface area contributed by atoms with E-state index in [0.29, 0.717) is 0 Å². The van der Waals surface area contributed by atoms with Crippen molar-refractivity contribution in [3.05, 3.63) is 241 Å². The Morgan fingerprint density at radius 2 is 0.831 bits per heavy atom. The number of para-hydroxylation sites is 6. The first-order valence-corrected chi connectivity index (χ1v) is 20.1. The van der Waals surface area contributed by atoms with Crippen LogP contribution >= 0.6 is 0 Å². The van der Waals surface area contributed by atoms with Crippen LogP contribution in [-0.2, 0) is 5.41 Å². The normalized spacial score (nSPS) is 13.0. The summed E-state index contributed by atoms with van der Waals surface area (Å²) in [4.78, 5) is 4.70. The lowest BCUT2D eigenvalue weighted by Crippen LogP contribution is -2.32. The van der Waals surface area contributed by atoms with Crippen molar-refractivity contribution >= 4 is 56.1 Å². The molecule has 9 aromatic carbocycles. The predicted molar refractivity (Wildman–Crippen MR) is 240 cm³/mol. The number of fused-ring (bicyclic) bond motifs is 12. The summed E-state index contributed by atoms with van der Waals surface area (Å²) in [5.74, 6) is 1.75. The van der Waals surface area contributed by atoms with Gasteiger partial charge in [-0.25, -0.2) is 0 Å². The Hall–Kier alpha value is -7.82. The molecule has 10 aromatic rings. The molecule has 1 spiro atoms. The molecule has 4 heteroatoms. The Kier molecular flexibility index (Phi) is 7.41. The fourth-order valence-corrected chi connectivity index (χ4v) is 9.74. The van der Waals surface area contributed by atoms with Crippen LogP contribution in [0.3, 0.4) is 0 Å². The summed E-state index contributed by atoms with van der Waals surface area (Å²) in [6.45, 7) is 0. The molecule has 0 fully saturated rings. The molecule has 2 heterocycles. The maximum atomic E-state index is 6.81. The summed E-state index contributed by atoms with van der Waals surface area (Å²) in [6, 6.07) is 77.6. The van der Waals surface area contributed by atoms with Crippen LogP contribution in [-0.4, -0.2) is 0 Å². The van der Waals surface area contributed by atoms with E-state index in [1.165, 1.54) is 22.3 Å². The molecule has 278 valence electrons. The van der Waals surface area contributed by atoms with Crippen molar-refractivity contribution in [2.24, 2.45) is 0 Å². The van der Waals surface area contributed by atoms with Crippen LogP contribution in [0.2, 0.25) is 0 Å². The molecule has 0 N–H and O–H groups in total. The van der Waals surface area contributed by atoms with Crippen molar-refractivity contribution in [2.45, 2.75) is 5.41 Å². The third-order valence-corrected chi connectivity index (χ3v) is 12.1. The lowest BCUT2D eigenvalue weighted by atomic mass is 9.66. The third-order valence-electron chi connectivity index (χ3n) is 12.1. The number of benzene rings is 9. The molecule has 1 aliphatic heterocycles. The number of furan rings is 1. The van der Waals surface area contributed by atoms with Gasteiger partial charge in [-0.3, -0.25) is 0 Å². The minimum atomic E-state index is -0.597. The molecule has 0 atom stereocenters. The molecule has 0 unspecified atom stereocenters. The molecule has 59 heavy (non-hydrogen) atoms. The van der Waals surface area contributed by atoms with Crippen LogP contribution < -0.4 is 14.5 Å². The number of nitrogens with zero attached hydrogens (tertiary/aromatic N) is 2. The average molecular weight is 757 g/mol. The highest BCUT2D eigenvalue weighted by molar-refractivity contribution is 6.11. The summed E-state index contributed by atoms with van der Waals surface area (Å²) in [5, 5.41) is 2.18. The van der Waals surface area contributed by atoms with Gasteiger partial charge in [0.1, 0.15) is 17.1 Å². The molecule has 1 aliphatic carbocycles. The van der Waals surface area contributed by atoms with Crippen molar-refractivity contribution in [1.82, 2.24) is 0 Å². The van der Waals surface area contributed by atoms with Gasteiger partial charge in [-0.05, 0) is 95.6 Å². The first-order chi connectivity index (χ1) is 29.3. The molecule has 0 saturated carbocycles. The summed E-state index contributed by atoms with van der Waals surface area (Å²) in [7, 11) is 0. The summed E-state index contributed by atoms with van der Waals surface area (Å²) in [5.41, 5.74) is 14.5. The number of anilines is 6. The molecular formula is C55H36N2O2. The van der Waals surface area contributed by atoms with E-state index in [1.807, 2.05) is 6.07 Å². The van der Waals surface area contributed by atoms with Gasteiger partial charge in [0.15, 0.2) is 5.58 Å². The molecule has 0 amide bonds. The van der Waals surface area contributed by atoms with E-state index >= 15 is 0 Å². The highest BCUT2D eigenvalue weighted by Crippen LogP contribution is 2.64.